The molecule has 0 aliphatic rings. The topological polar surface area (TPSA) is 56.1 Å². The molecule has 0 aliphatic heterocycles. The molecule has 0 unspecified atom stereocenters. The molecule has 0 bridgehead atoms. The summed E-state index contributed by atoms with van der Waals surface area (Å²) in [5.74, 6) is 0.471. The molecule has 2 aromatic carbocycles. The van der Waals surface area contributed by atoms with Gasteiger partial charge < -0.3 is 9.30 Å². The zero-order valence-electron chi connectivity index (χ0n) is 12.5. The third kappa shape index (κ3) is 2.65. The number of anilines is 1. The molecule has 0 fully saturated rings. The number of aryl methyl sites for hydroxylation is 1. The number of rotatable bonds is 3. The van der Waals surface area contributed by atoms with Crippen molar-refractivity contribution in [3.63, 3.8) is 0 Å². The number of hydrogen-bond acceptors (Lipinski definition) is 3. The molecule has 3 rings (SSSR count). The van der Waals surface area contributed by atoms with Crippen molar-refractivity contribution in [2.45, 2.75) is 6.92 Å². The number of ether oxygens (including phenoxy) is 1. The van der Waals surface area contributed by atoms with Crippen molar-refractivity contribution in [2.24, 2.45) is 7.05 Å². The minimum Gasteiger partial charge on any atom is -0.450 e. The van der Waals surface area contributed by atoms with E-state index in [0.717, 1.165) is 22.2 Å². The summed E-state index contributed by atoms with van der Waals surface area (Å²) in [6, 6.07) is 16.2. The van der Waals surface area contributed by atoms with E-state index in [2.05, 4.69) is 22.4 Å². The SMILES string of the molecule is CCOC(=O)Nc1nc2cc(-c3ccccc3)ccc2n1C. The monoisotopic (exact) mass is 295 g/mol. The van der Waals surface area contributed by atoms with E-state index in [1.54, 1.807) is 6.92 Å². The van der Waals surface area contributed by atoms with Crippen molar-refractivity contribution in [1.82, 2.24) is 9.55 Å². The average Bonchev–Trinajstić information content (AvgIpc) is 2.84. The second-order valence-electron chi connectivity index (χ2n) is 4.91. The van der Waals surface area contributed by atoms with Gasteiger partial charge in [0.1, 0.15) is 0 Å². The van der Waals surface area contributed by atoms with Crippen LogP contribution in [0.15, 0.2) is 48.5 Å². The molecule has 0 aliphatic carbocycles. The van der Waals surface area contributed by atoms with Crippen LogP contribution in [0.2, 0.25) is 0 Å². The Bertz CT molecular complexity index is 809. The zero-order chi connectivity index (χ0) is 15.5. The number of nitrogens with one attached hydrogen (secondary N) is 1. The van der Waals surface area contributed by atoms with Crippen LogP contribution < -0.4 is 5.32 Å². The lowest BCUT2D eigenvalue weighted by atomic mass is 10.1. The Hall–Kier alpha value is -2.82. The maximum absolute atomic E-state index is 11.5. The molecule has 1 heterocycles. The van der Waals surface area contributed by atoms with E-state index in [1.807, 2.05) is 48.0 Å². The minimum atomic E-state index is -0.496. The third-order valence-electron chi connectivity index (χ3n) is 3.48. The van der Waals surface area contributed by atoms with E-state index in [0.29, 0.717) is 12.6 Å². The van der Waals surface area contributed by atoms with Crippen LogP contribution in [-0.2, 0) is 11.8 Å². The van der Waals surface area contributed by atoms with Crippen LogP contribution in [0.1, 0.15) is 6.92 Å². The van der Waals surface area contributed by atoms with E-state index in [4.69, 9.17) is 4.74 Å². The summed E-state index contributed by atoms with van der Waals surface area (Å²) >= 11 is 0. The van der Waals surface area contributed by atoms with Gasteiger partial charge in [0.2, 0.25) is 5.95 Å². The van der Waals surface area contributed by atoms with E-state index in [9.17, 15) is 4.79 Å². The molecule has 3 aromatic rings. The number of fused-ring (bicyclic) bond motifs is 1. The Morgan fingerprint density at radius 3 is 2.68 bits per heavy atom. The predicted octanol–water partition coefficient (Wildman–Crippen LogP) is 3.81. The molecule has 0 spiro atoms. The lowest BCUT2D eigenvalue weighted by molar-refractivity contribution is 0.167. The highest BCUT2D eigenvalue weighted by molar-refractivity contribution is 5.88. The lowest BCUT2D eigenvalue weighted by Gasteiger charge is -2.04. The van der Waals surface area contributed by atoms with Gasteiger partial charge in [0, 0.05) is 7.05 Å². The van der Waals surface area contributed by atoms with Gasteiger partial charge >= 0.3 is 6.09 Å². The Labute approximate surface area is 128 Å². The minimum absolute atomic E-state index is 0.327. The first kappa shape index (κ1) is 14.1. The van der Waals surface area contributed by atoms with Gasteiger partial charge in [-0.05, 0) is 30.2 Å². The largest absolute Gasteiger partial charge is 0.450 e. The number of nitrogens with zero attached hydrogens (tertiary/aromatic N) is 2. The van der Waals surface area contributed by atoms with E-state index < -0.39 is 6.09 Å². The van der Waals surface area contributed by atoms with Crippen molar-refractivity contribution in [3.05, 3.63) is 48.5 Å². The van der Waals surface area contributed by atoms with Crippen LogP contribution in [0.4, 0.5) is 10.7 Å². The second-order valence-corrected chi connectivity index (χ2v) is 4.91. The van der Waals surface area contributed by atoms with Crippen LogP contribution >= 0.6 is 0 Å². The highest BCUT2D eigenvalue weighted by Crippen LogP contribution is 2.25. The summed E-state index contributed by atoms with van der Waals surface area (Å²) in [4.78, 5) is 16.0. The van der Waals surface area contributed by atoms with Gasteiger partial charge in [-0.2, -0.15) is 0 Å². The molecule has 0 saturated carbocycles. The van der Waals surface area contributed by atoms with E-state index >= 15 is 0 Å². The van der Waals surface area contributed by atoms with Crippen molar-refractivity contribution in [3.8, 4) is 11.1 Å². The number of benzene rings is 2. The summed E-state index contributed by atoms with van der Waals surface area (Å²) in [6.07, 6.45) is -0.496. The van der Waals surface area contributed by atoms with Gasteiger partial charge in [0.15, 0.2) is 0 Å². The van der Waals surface area contributed by atoms with Gasteiger partial charge in [-0.25, -0.2) is 9.78 Å². The normalized spacial score (nSPS) is 10.6. The van der Waals surface area contributed by atoms with Gasteiger partial charge in [-0.1, -0.05) is 36.4 Å². The number of imidazole rings is 1. The summed E-state index contributed by atoms with van der Waals surface area (Å²) in [5, 5.41) is 2.65. The first-order valence-corrected chi connectivity index (χ1v) is 7.14. The average molecular weight is 295 g/mol. The number of aromatic nitrogens is 2. The first-order valence-electron chi connectivity index (χ1n) is 7.14. The van der Waals surface area contributed by atoms with Gasteiger partial charge in [0.05, 0.1) is 17.6 Å². The van der Waals surface area contributed by atoms with E-state index in [-0.39, 0.29) is 0 Å². The van der Waals surface area contributed by atoms with Gasteiger partial charge in [-0.15, -0.1) is 0 Å². The van der Waals surface area contributed by atoms with Crippen LogP contribution in [0.3, 0.4) is 0 Å². The second kappa shape index (κ2) is 5.89. The maximum Gasteiger partial charge on any atom is 0.413 e. The van der Waals surface area contributed by atoms with Gasteiger partial charge in [0.25, 0.3) is 0 Å². The molecular weight excluding hydrogens is 278 g/mol. The summed E-state index contributed by atoms with van der Waals surface area (Å²) in [7, 11) is 1.86. The van der Waals surface area contributed by atoms with Crippen LogP contribution in [0, 0.1) is 0 Å². The highest BCUT2D eigenvalue weighted by atomic mass is 16.5. The standard InChI is InChI=1S/C17H17N3O2/c1-3-22-17(21)19-16-18-14-11-13(9-10-15(14)20(16)2)12-7-5-4-6-8-12/h4-11H,3H2,1-2H3,(H,18,19,21). The Balaban J connectivity index is 1.98. The number of amides is 1. The summed E-state index contributed by atoms with van der Waals surface area (Å²) in [6.45, 7) is 2.09. The van der Waals surface area contributed by atoms with Crippen molar-refractivity contribution < 1.29 is 9.53 Å². The fraction of sp³-hybridized carbons (Fsp3) is 0.176. The molecule has 5 heteroatoms. The molecule has 112 valence electrons. The molecule has 0 radical (unpaired) electrons. The number of carbonyl (C=O) groups excluding carboxylic acids is 1. The first-order chi connectivity index (χ1) is 10.7. The maximum atomic E-state index is 11.5. The molecule has 0 atom stereocenters. The number of hydrogen-bond donors (Lipinski definition) is 1. The fourth-order valence-electron chi connectivity index (χ4n) is 2.38. The van der Waals surface area contributed by atoms with Crippen molar-refractivity contribution in [2.75, 3.05) is 11.9 Å². The number of carbonyl (C=O) groups is 1. The fourth-order valence-corrected chi connectivity index (χ4v) is 2.38. The Kier molecular flexibility index (Phi) is 3.78. The van der Waals surface area contributed by atoms with Crippen LogP contribution in [-0.4, -0.2) is 22.3 Å². The quantitative estimate of drug-likeness (QED) is 0.799. The van der Waals surface area contributed by atoms with Crippen molar-refractivity contribution in [1.29, 1.82) is 0 Å². The van der Waals surface area contributed by atoms with Crippen LogP contribution in [0.25, 0.3) is 22.2 Å². The van der Waals surface area contributed by atoms with Gasteiger partial charge in [-0.3, -0.25) is 5.32 Å². The van der Waals surface area contributed by atoms with Crippen LogP contribution in [0.5, 0.6) is 0 Å². The van der Waals surface area contributed by atoms with Crippen molar-refractivity contribution >= 4 is 23.1 Å². The highest BCUT2D eigenvalue weighted by Gasteiger charge is 2.12. The lowest BCUT2D eigenvalue weighted by Crippen LogP contribution is -2.16. The Morgan fingerprint density at radius 1 is 1.18 bits per heavy atom. The third-order valence-corrected chi connectivity index (χ3v) is 3.48. The summed E-state index contributed by atoms with van der Waals surface area (Å²) in [5.41, 5.74) is 4.01. The molecular formula is C17H17N3O2. The smallest absolute Gasteiger partial charge is 0.413 e. The molecule has 1 amide bonds. The molecule has 5 nitrogen and oxygen atoms in total. The molecule has 22 heavy (non-hydrogen) atoms. The summed E-state index contributed by atoms with van der Waals surface area (Å²) < 4.78 is 6.72. The molecule has 1 aromatic heterocycles. The Morgan fingerprint density at radius 2 is 1.95 bits per heavy atom. The zero-order valence-corrected chi connectivity index (χ0v) is 12.5. The molecule has 1 N–H and O–H groups in total. The molecule has 0 saturated heterocycles. The predicted molar refractivity (Wildman–Crippen MR) is 86.8 cm³/mol. The van der Waals surface area contributed by atoms with E-state index in [1.165, 1.54) is 0 Å².